The van der Waals surface area contributed by atoms with Crippen LogP contribution in [0.2, 0.25) is 0 Å². The first kappa shape index (κ1) is 53.9. The third-order valence-corrected chi connectivity index (χ3v) is 16.1. The van der Waals surface area contributed by atoms with Crippen molar-refractivity contribution in [1.29, 1.82) is 5.26 Å². The van der Waals surface area contributed by atoms with Crippen molar-refractivity contribution in [3.05, 3.63) is 176 Å². The zero-order valence-corrected chi connectivity index (χ0v) is 43.9. The second kappa shape index (κ2) is 24.3. The molecule has 3 heterocycles. The number of nitro groups is 2. The molecule has 1 N–H and O–H groups in total. The fraction of sp³-hybridized carbons (Fsp3) is 0.315. The normalized spacial score (nSPS) is 16.0. The molecule has 8 rings (SSSR count). The lowest BCUT2D eigenvalue weighted by Crippen LogP contribution is -2.39. The summed E-state index contributed by atoms with van der Waals surface area (Å²) < 4.78 is 37.0. The van der Waals surface area contributed by atoms with Crippen LogP contribution in [0.15, 0.2) is 144 Å². The van der Waals surface area contributed by atoms with Gasteiger partial charge < -0.3 is 23.5 Å². The Morgan fingerprint density at radius 1 is 0.880 bits per heavy atom. The molecule has 2 aromatic heterocycles. The summed E-state index contributed by atoms with van der Waals surface area (Å²) in [6, 6.07) is 40.3. The number of benzene rings is 5. The predicted molar refractivity (Wildman–Crippen MR) is 284 cm³/mol. The molecule has 0 radical (unpaired) electrons. The molecule has 1 saturated heterocycles. The first-order valence-electron chi connectivity index (χ1n) is 24.1. The van der Waals surface area contributed by atoms with Crippen LogP contribution in [-0.2, 0) is 30.8 Å². The molecule has 0 bridgehead atoms. The van der Waals surface area contributed by atoms with E-state index in [0.29, 0.717) is 17.7 Å². The van der Waals surface area contributed by atoms with E-state index < -0.39 is 59.5 Å². The second-order valence-electron chi connectivity index (χ2n) is 18.0. The highest BCUT2D eigenvalue weighted by Crippen LogP contribution is 2.51. The minimum Gasteiger partial charge on any atom is -0.497 e. The van der Waals surface area contributed by atoms with Crippen molar-refractivity contribution in [1.82, 2.24) is 24.2 Å². The third-order valence-electron chi connectivity index (χ3n) is 12.5. The number of hydrogen-bond donors (Lipinski definition) is 1. The van der Waals surface area contributed by atoms with Gasteiger partial charge in [0.05, 0.1) is 66.6 Å². The zero-order valence-electron chi connectivity index (χ0n) is 42.1. The number of nitriles is 1. The molecule has 1 amide bonds. The van der Waals surface area contributed by atoms with Gasteiger partial charge in [-0.25, -0.2) is 9.97 Å². The van der Waals surface area contributed by atoms with Gasteiger partial charge >= 0.3 is 0 Å². The fourth-order valence-corrected chi connectivity index (χ4v) is 12.4. The molecule has 5 aromatic carbocycles. The largest absolute Gasteiger partial charge is 0.497 e. The number of non-ortho nitro benzene ring substituents is 1. The van der Waals surface area contributed by atoms with E-state index in [0.717, 1.165) is 40.1 Å². The number of aromatic nitrogens is 4. The molecule has 1 unspecified atom stereocenters. The highest BCUT2D eigenvalue weighted by molar-refractivity contribution is 7.99. The number of hydrogen-bond acceptors (Lipinski definition) is 16. The monoisotopic (exact) mass is 1050 g/mol. The van der Waals surface area contributed by atoms with Crippen LogP contribution in [0.3, 0.4) is 0 Å². The van der Waals surface area contributed by atoms with Gasteiger partial charge in [0.25, 0.3) is 11.4 Å². The van der Waals surface area contributed by atoms with E-state index in [9.17, 15) is 30.3 Å². The van der Waals surface area contributed by atoms with E-state index in [1.807, 2.05) is 109 Å². The summed E-state index contributed by atoms with van der Waals surface area (Å²) in [5, 5.41) is 36.8. The van der Waals surface area contributed by atoms with E-state index in [-0.39, 0.29) is 65.0 Å². The summed E-state index contributed by atoms with van der Waals surface area (Å²) in [7, 11) is 1.85. The first-order chi connectivity index (χ1) is 36.2. The number of anilines is 1. The maximum Gasteiger partial charge on any atom is 0.290 e. The average Bonchev–Trinajstić information content (AvgIpc) is 4.02. The van der Waals surface area contributed by atoms with Gasteiger partial charge in [-0.15, -0.1) is 0 Å². The maximum absolute atomic E-state index is 13.6. The summed E-state index contributed by atoms with van der Waals surface area (Å²) >= 11 is 0.855. The quantitative estimate of drug-likeness (QED) is 0.0206. The molecule has 1 fully saturated rings. The molecule has 4 atom stereocenters. The van der Waals surface area contributed by atoms with Gasteiger partial charge in [0.1, 0.15) is 48.3 Å². The van der Waals surface area contributed by atoms with Gasteiger partial charge in [-0.2, -0.15) is 10.2 Å². The van der Waals surface area contributed by atoms with Gasteiger partial charge in [0.2, 0.25) is 11.9 Å². The number of nitro benzene ring substituents is 2. The molecule has 75 heavy (non-hydrogen) atoms. The van der Waals surface area contributed by atoms with E-state index >= 15 is 0 Å². The topological polar surface area (TPSA) is 232 Å². The smallest absolute Gasteiger partial charge is 0.290 e. The molecular formula is C54H56N9O10PS. The van der Waals surface area contributed by atoms with Crippen LogP contribution in [0.1, 0.15) is 69.0 Å². The number of carbonyl (C=O) groups excluding carboxylic acids is 1. The van der Waals surface area contributed by atoms with E-state index in [4.69, 9.17) is 33.4 Å². The number of methoxy groups -OCH3 is 2. The van der Waals surface area contributed by atoms with Crippen LogP contribution in [0.25, 0.3) is 11.2 Å². The van der Waals surface area contributed by atoms with Gasteiger partial charge in [-0.3, -0.25) is 39.6 Å². The first-order valence-corrected chi connectivity index (χ1v) is 26.4. The number of rotatable bonds is 23. The maximum atomic E-state index is 13.6. The number of fused-ring (bicyclic) bond motifs is 1. The van der Waals surface area contributed by atoms with Gasteiger partial charge in [0, 0.05) is 37.2 Å². The van der Waals surface area contributed by atoms with Crippen molar-refractivity contribution >= 4 is 54.5 Å². The van der Waals surface area contributed by atoms with Crippen molar-refractivity contribution in [2.75, 3.05) is 32.3 Å². The number of ether oxygens (including phenoxy) is 4. The van der Waals surface area contributed by atoms with Crippen molar-refractivity contribution in [2.24, 2.45) is 0 Å². The van der Waals surface area contributed by atoms with E-state index in [1.165, 1.54) is 18.5 Å². The minimum atomic E-state index is -1.38. The number of carbonyl (C=O) groups is 1. The van der Waals surface area contributed by atoms with E-state index in [1.54, 1.807) is 18.8 Å². The highest BCUT2D eigenvalue weighted by atomic mass is 32.2. The molecule has 21 heteroatoms. The van der Waals surface area contributed by atoms with Gasteiger partial charge in [-0.1, -0.05) is 96.7 Å². The SMILES string of the molecule is COc1ccc(C(OC[C@H]2O[C@@H](n3cnc4c(Sc5ccc([N+](=O)[O-])cc5[N+](=O)[O-])nc(NC(=O)Cc5ccccc5)nc43)C[C@@H]2OP(CCC#N)N(C(C)C)C(C)C)(c2ccccc2)c2ccc(OC)cc2)cc1. The molecule has 0 saturated carbocycles. The van der Waals surface area contributed by atoms with Crippen molar-refractivity contribution in [3.8, 4) is 17.6 Å². The van der Waals surface area contributed by atoms with Crippen LogP contribution in [0.5, 0.6) is 11.5 Å². The summed E-state index contributed by atoms with van der Waals surface area (Å²) in [5.74, 6) is 0.797. The summed E-state index contributed by atoms with van der Waals surface area (Å²) in [5.41, 5.74) is 1.47. The summed E-state index contributed by atoms with van der Waals surface area (Å²) in [6.07, 6.45) is 0.352. The average molecular weight is 1050 g/mol. The Morgan fingerprint density at radius 2 is 1.49 bits per heavy atom. The molecule has 1 aliphatic rings. The Labute approximate surface area is 439 Å². The fourth-order valence-electron chi connectivity index (χ4n) is 9.18. The Balaban J connectivity index is 1.24. The highest BCUT2D eigenvalue weighted by Gasteiger charge is 2.45. The van der Waals surface area contributed by atoms with Crippen LogP contribution < -0.4 is 14.8 Å². The standard InChI is InChI=1S/C54H56N9O10PS/c1-35(2)61(36(3)4)74(29-13-28-55)73-45-32-49(72-46(45)33-71-54(38-16-11-8-12-17-38,39-18-23-42(69-5)24-19-39)40-20-25-43(70-6)26-21-40)60-34-56-50-51(60)58-53(57-48(64)30-37-14-9-7-10-15-37)59-52(50)75-47-27-22-41(62(65)66)31-44(47)63(67)68/h7-12,14-27,31,34-36,45-46,49H,13,29-30,32-33H2,1-6H3,(H,57,58,59,64)/t45-,46+,49+,74?/m0/s1. The Kier molecular flexibility index (Phi) is 17.5. The second-order valence-corrected chi connectivity index (χ2v) is 20.9. The summed E-state index contributed by atoms with van der Waals surface area (Å²) in [6.45, 7) is 8.40. The Morgan fingerprint density at radius 3 is 2.07 bits per heavy atom. The van der Waals surface area contributed by atoms with Crippen molar-refractivity contribution in [3.63, 3.8) is 0 Å². The number of nitrogens with zero attached hydrogens (tertiary/aromatic N) is 8. The summed E-state index contributed by atoms with van der Waals surface area (Å²) in [4.78, 5) is 50.4. The van der Waals surface area contributed by atoms with Crippen molar-refractivity contribution in [2.45, 2.75) is 93.0 Å². The molecule has 388 valence electrons. The molecule has 0 spiro atoms. The molecule has 1 aliphatic heterocycles. The lowest BCUT2D eigenvalue weighted by atomic mass is 9.80. The number of nitrogens with one attached hydrogen (secondary N) is 1. The predicted octanol–water partition coefficient (Wildman–Crippen LogP) is 11.0. The molecule has 7 aromatic rings. The lowest BCUT2D eigenvalue weighted by molar-refractivity contribution is -0.396. The van der Waals surface area contributed by atoms with Crippen molar-refractivity contribution < 1.29 is 38.1 Å². The van der Waals surface area contributed by atoms with E-state index in [2.05, 4.69) is 48.7 Å². The minimum absolute atomic E-state index is 0.000311. The Bertz CT molecular complexity index is 3090. The molecular weight excluding hydrogens is 998 g/mol. The molecule has 19 nitrogen and oxygen atoms in total. The zero-order chi connectivity index (χ0) is 53.2. The van der Waals surface area contributed by atoms with Crippen LogP contribution >= 0.6 is 20.1 Å². The number of imidazole rings is 1. The van der Waals surface area contributed by atoms with Crippen LogP contribution in [-0.4, -0.2) is 91.2 Å². The van der Waals surface area contributed by atoms with Gasteiger partial charge in [-0.05, 0) is 80.3 Å². The molecule has 0 aliphatic carbocycles. The Hall–Kier alpha value is -7.37. The number of amides is 1. The van der Waals surface area contributed by atoms with Gasteiger partial charge in [0.15, 0.2) is 5.65 Å². The third kappa shape index (κ3) is 12.3. The van der Waals surface area contributed by atoms with Crippen LogP contribution in [0, 0.1) is 31.6 Å². The lowest BCUT2D eigenvalue weighted by Gasteiger charge is -2.40. The van der Waals surface area contributed by atoms with Crippen LogP contribution in [0.4, 0.5) is 17.3 Å².